The lowest BCUT2D eigenvalue weighted by Crippen LogP contribution is -2.14. The van der Waals surface area contributed by atoms with Crippen LogP contribution in [0.4, 0.5) is 0 Å². The van der Waals surface area contributed by atoms with Crippen molar-refractivity contribution in [3.05, 3.63) is 58.7 Å². The molecule has 0 unspecified atom stereocenters. The molecule has 0 fully saturated rings. The van der Waals surface area contributed by atoms with Gasteiger partial charge < -0.3 is 11.5 Å². The zero-order chi connectivity index (χ0) is 16.6. The van der Waals surface area contributed by atoms with E-state index in [1.165, 1.54) is 0 Å². The number of rotatable bonds is 5. The van der Waals surface area contributed by atoms with E-state index < -0.39 is 0 Å². The molecule has 4 N–H and O–H groups in total. The highest BCUT2D eigenvalue weighted by atomic mass is 16.1. The van der Waals surface area contributed by atoms with Gasteiger partial charge >= 0.3 is 0 Å². The van der Waals surface area contributed by atoms with Crippen LogP contribution in [0, 0.1) is 0 Å². The normalized spacial score (nSPS) is 12.8. The van der Waals surface area contributed by atoms with Crippen LogP contribution in [-0.4, -0.2) is 24.7 Å². The second-order valence-corrected chi connectivity index (χ2v) is 5.82. The average molecular weight is 308 g/mol. The Morgan fingerprint density at radius 3 is 1.65 bits per heavy atom. The van der Waals surface area contributed by atoms with Gasteiger partial charge in [0.25, 0.3) is 0 Å². The van der Waals surface area contributed by atoms with Crippen molar-refractivity contribution in [3.63, 3.8) is 0 Å². The van der Waals surface area contributed by atoms with Gasteiger partial charge in [-0.3, -0.25) is 9.59 Å². The van der Waals surface area contributed by atoms with Gasteiger partial charge in [0, 0.05) is 17.0 Å². The van der Waals surface area contributed by atoms with Crippen molar-refractivity contribution in [1.29, 1.82) is 0 Å². The van der Waals surface area contributed by atoms with E-state index >= 15 is 0 Å². The van der Waals surface area contributed by atoms with E-state index in [2.05, 4.69) is 6.92 Å². The van der Waals surface area contributed by atoms with E-state index in [9.17, 15) is 9.59 Å². The van der Waals surface area contributed by atoms with E-state index in [-0.39, 0.29) is 30.6 Å². The monoisotopic (exact) mass is 308 g/mol. The highest BCUT2D eigenvalue weighted by Gasteiger charge is 2.28. The fourth-order valence-electron chi connectivity index (χ4n) is 3.38. The first-order chi connectivity index (χ1) is 11.1. The van der Waals surface area contributed by atoms with E-state index in [1.807, 2.05) is 36.4 Å². The molecular formula is C19H20N2O2. The molecular weight excluding hydrogens is 288 g/mol. The molecule has 0 spiro atoms. The van der Waals surface area contributed by atoms with Crippen molar-refractivity contribution in [3.8, 4) is 11.1 Å². The summed E-state index contributed by atoms with van der Waals surface area (Å²) < 4.78 is 0. The molecule has 3 rings (SSSR count). The van der Waals surface area contributed by atoms with Crippen molar-refractivity contribution in [2.24, 2.45) is 11.5 Å². The number of ketones is 2. The van der Waals surface area contributed by atoms with Crippen molar-refractivity contribution in [2.45, 2.75) is 19.3 Å². The summed E-state index contributed by atoms with van der Waals surface area (Å²) >= 11 is 0. The Bertz CT molecular complexity index is 730. The van der Waals surface area contributed by atoms with Gasteiger partial charge in [-0.1, -0.05) is 31.2 Å². The Morgan fingerprint density at radius 2 is 1.30 bits per heavy atom. The lowest BCUT2D eigenvalue weighted by molar-refractivity contribution is 0.0993. The minimum atomic E-state index is -0.0578. The number of carbonyl (C=O) groups excluding carboxylic acids is 2. The lowest BCUT2D eigenvalue weighted by Gasteiger charge is -2.12. The van der Waals surface area contributed by atoms with Crippen LogP contribution in [0.15, 0.2) is 36.4 Å². The van der Waals surface area contributed by atoms with Crippen LogP contribution in [-0.2, 0) is 0 Å². The Labute approximate surface area is 135 Å². The van der Waals surface area contributed by atoms with Crippen LogP contribution < -0.4 is 11.5 Å². The molecule has 4 heteroatoms. The molecule has 2 aromatic rings. The molecule has 0 radical (unpaired) electrons. The molecule has 0 saturated carbocycles. The molecule has 0 aliphatic heterocycles. The summed E-state index contributed by atoms with van der Waals surface area (Å²) in [6, 6.07) is 11.5. The molecule has 0 atom stereocenters. The molecule has 1 aliphatic rings. The maximum atomic E-state index is 11.9. The van der Waals surface area contributed by atoms with E-state index in [1.54, 1.807) is 0 Å². The Morgan fingerprint density at radius 1 is 0.870 bits per heavy atom. The summed E-state index contributed by atoms with van der Waals surface area (Å²) in [6.45, 7) is 2.13. The molecule has 0 heterocycles. The molecule has 118 valence electrons. The fraction of sp³-hybridized carbons (Fsp3) is 0.263. The molecule has 0 amide bonds. The molecule has 1 aliphatic carbocycles. The van der Waals surface area contributed by atoms with Crippen LogP contribution >= 0.6 is 0 Å². The molecule has 2 aromatic carbocycles. The zero-order valence-corrected chi connectivity index (χ0v) is 13.1. The number of fused-ring (bicyclic) bond motifs is 3. The lowest BCUT2D eigenvalue weighted by atomic mass is 9.92. The maximum Gasteiger partial charge on any atom is 0.176 e. The summed E-state index contributed by atoms with van der Waals surface area (Å²) in [4.78, 5) is 23.8. The SMILES string of the molecule is CCC1c2cc(C(=O)CN)ccc2-c2ccc(C(=O)CN)cc21. The van der Waals surface area contributed by atoms with E-state index in [0.29, 0.717) is 11.1 Å². The number of benzene rings is 2. The first-order valence-electron chi connectivity index (χ1n) is 7.85. The summed E-state index contributed by atoms with van der Waals surface area (Å²) in [5, 5.41) is 0. The number of hydrogen-bond donors (Lipinski definition) is 2. The maximum absolute atomic E-state index is 11.9. The second kappa shape index (κ2) is 6.07. The summed E-state index contributed by atoms with van der Waals surface area (Å²) in [7, 11) is 0. The van der Waals surface area contributed by atoms with Crippen LogP contribution in [0.25, 0.3) is 11.1 Å². The second-order valence-electron chi connectivity index (χ2n) is 5.82. The Hall–Kier alpha value is -2.30. The first kappa shape index (κ1) is 15.6. The van der Waals surface area contributed by atoms with E-state index in [4.69, 9.17) is 11.5 Å². The third-order valence-electron chi connectivity index (χ3n) is 4.57. The zero-order valence-electron chi connectivity index (χ0n) is 13.1. The van der Waals surface area contributed by atoms with Gasteiger partial charge in [0.2, 0.25) is 0 Å². The van der Waals surface area contributed by atoms with Gasteiger partial charge in [-0.05, 0) is 40.8 Å². The molecule has 0 aromatic heterocycles. The summed E-state index contributed by atoms with van der Waals surface area (Å²) in [6.07, 6.45) is 0.903. The van der Waals surface area contributed by atoms with E-state index in [0.717, 1.165) is 28.7 Å². The summed E-state index contributed by atoms with van der Waals surface area (Å²) in [5.74, 6) is 0.0752. The fourth-order valence-corrected chi connectivity index (χ4v) is 3.38. The third-order valence-corrected chi connectivity index (χ3v) is 4.57. The predicted molar refractivity (Wildman–Crippen MR) is 90.8 cm³/mol. The van der Waals surface area contributed by atoms with Crippen LogP contribution in [0.2, 0.25) is 0 Å². The number of Topliss-reactive ketones (excluding diaryl/α,β-unsaturated/α-hetero) is 2. The van der Waals surface area contributed by atoms with Gasteiger partial charge in [-0.15, -0.1) is 0 Å². The van der Waals surface area contributed by atoms with Crippen molar-refractivity contribution >= 4 is 11.6 Å². The van der Waals surface area contributed by atoms with Crippen molar-refractivity contribution in [2.75, 3.05) is 13.1 Å². The first-order valence-corrected chi connectivity index (χ1v) is 7.85. The average Bonchev–Trinajstić information content (AvgIpc) is 2.92. The summed E-state index contributed by atoms with van der Waals surface area (Å²) in [5.41, 5.74) is 16.8. The smallest absolute Gasteiger partial charge is 0.176 e. The predicted octanol–water partition coefficient (Wildman–Crippen LogP) is 2.49. The topological polar surface area (TPSA) is 86.2 Å². The highest BCUT2D eigenvalue weighted by molar-refractivity contribution is 6.00. The molecule has 23 heavy (non-hydrogen) atoms. The van der Waals surface area contributed by atoms with Crippen molar-refractivity contribution < 1.29 is 9.59 Å². The van der Waals surface area contributed by atoms with Gasteiger partial charge in [-0.25, -0.2) is 0 Å². The van der Waals surface area contributed by atoms with Crippen molar-refractivity contribution in [1.82, 2.24) is 0 Å². The highest BCUT2D eigenvalue weighted by Crippen LogP contribution is 2.46. The van der Waals surface area contributed by atoms with Crippen LogP contribution in [0.5, 0.6) is 0 Å². The molecule has 0 saturated heterocycles. The minimum Gasteiger partial charge on any atom is -0.324 e. The number of hydrogen-bond acceptors (Lipinski definition) is 4. The quantitative estimate of drug-likeness (QED) is 0.831. The van der Waals surface area contributed by atoms with Crippen LogP contribution in [0.1, 0.15) is 51.1 Å². The van der Waals surface area contributed by atoms with Gasteiger partial charge in [0.15, 0.2) is 11.6 Å². The molecule has 0 bridgehead atoms. The number of carbonyl (C=O) groups is 2. The van der Waals surface area contributed by atoms with Crippen LogP contribution in [0.3, 0.4) is 0 Å². The third kappa shape index (κ3) is 2.50. The Balaban J connectivity index is 2.12. The Kier molecular flexibility index (Phi) is 4.11. The molecule has 4 nitrogen and oxygen atoms in total. The largest absolute Gasteiger partial charge is 0.324 e. The number of nitrogens with two attached hydrogens (primary N) is 2. The van der Waals surface area contributed by atoms with Gasteiger partial charge in [-0.2, -0.15) is 0 Å². The van der Waals surface area contributed by atoms with Gasteiger partial charge in [0.05, 0.1) is 13.1 Å². The minimum absolute atomic E-state index is 0.0116. The van der Waals surface area contributed by atoms with Gasteiger partial charge in [0.1, 0.15) is 0 Å². The standard InChI is InChI=1S/C19H20N2O2/c1-2-13-16-7-11(18(22)9-20)3-5-14(16)15-6-4-12(8-17(13)15)19(23)10-21/h3-8,13H,2,9-10,20-21H2,1H3.